The van der Waals surface area contributed by atoms with Crippen molar-refractivity contribution in [3.63, 3.8) is 0 Å². The summed E-state index contributed by atoms with van der Waals surface area (Å²) in [5.41, 5.74) is 1.73. The summed E-state index contributed by atoms with van der Waals surface area (Å²) in [6, 6.07) is 13.3. The van der Waals surface area contributed by atoms with Gasteiger partial charge < -0.3 is 14.8 Å². The predicted molar refractivity (Wildman–Crippen MR) is 115 cm³/mol. The number of aryl methyl sites for hydroxylation is 1. The van der Waals surface area contributed by atoms with E-state index in [4.69, 9.17) is 9.47 Å². The van der Waals surface area contributed by atoms with Gasteiger partial charge in [-0.3, -0.25) is 13.8 Å². The molecule has 0 aliphatic carbocycles. The van der Waals surface area contributed by atoms with E-state index in [9.17, 15) is 4.79 Å². The number of hydrogen-bond acceptors (Lipinski definition) is 6. The lowest BCUT2D eigenvalue weighted by molar-refractivity contribution is 0.391. The fourth-order valence-electron chi connectivity index (χ4n) is 3.75. The number of ether oxygens (including phenoxy) is 2. The Morgan fingerprint density at radius 3 is 2.63 bits per heavy atom. The fourth-order valence-corrected chi connectivity index (χ4v) is 3.75. The van der Waals surface area contributed by atoms with Crippen molar-refractivity contribution in [2.45, 2.75) is 33.0 Å². The number of nitrogens with zero attached hydrogens (tertiary/aromatic N) is 4. The third kappa shape index (κ3) is 3.29. The van der Waals surface area contributed by atoms with E-state index < -0.39 is 0 Å². The molecule has 0 aliphatic rings. The molecule has 1 N–H and O–H groups in total. The zero-order valence-corrected chi connectivity index (χ0v) is 17.5. The lowest BCUT2D eigenvalue weighted by Gasteiger charge is -2.18. The molecule has 2 heterocycles. The van der Waals surface area contributed by atoms with Gasteiger partial charge in [-0.15, -0.1) is 10.2 Å². The molecular weight excluding hydrogens is 382 g/mol. The number of nitrogens with one attached hydrogen (secondary N) is 1. The quantitative estimate of drug-likeness (QED) is 0.507. The zero-order valence-electron chi connectivity index (χ0n) is 17.5. The smallest absolute Gasteiger partial charge is 0.262 e. The molecule has 0 saturated carbocycles. The van der Waals surface area contributed by atoms with Crippen molar-refractivity contribution in [3.05, 3.63) is 64.2 Å². The van der Waals surface area contributed by atoms with Crippen molar-refractivity contribution in [2.75, 3.05) is 14.2 Å². The Kier molecular flexibility index (Phi) is 5.41. The molecule has 2 aromatic carbocycles. The molecule has 0 spiro atoms. The number of benzene rings is 2. The molecule has 1 unspecified atom stereocenters. The average Bonchev–Trinajstić information content (AvgIpc) is 3.21. The second-order valence-corrected chi connectivity index (χ2v) is 7.03. The minimum atomic E-state index is -0.0537. The predicted octanol–water partition coefficient (Wildman–Crippen LogP) is 2.93. The van der Waals surface area contributed by atoms with Crippen LogP contribution in [0.4, 0.5) is 0 Å². The van der Waals surface area contributed by atoms with Gasteiger partial charge in [0.05, 0.1) is 31.7 Å². The Labute approximate surface area is 174 Å². The largest absolute Gasteiger partial charge is 0.497 e. The molecule has 4 aromatic rings. The average molecular weight is 407 g/mol. The van der Waals surface area contributed by atoms with E-state index in [0.717, 1.165) is 28.4 Å². The van der Waals surface area contributed by atoms with Gasteiger partial charge in [0.15, 0.2) is 5.82 Å². The maximum absolute atomic E-state index is 12.8. The highest BCUT2D eigenvalue weighted by Gasteiger charge is 2.17. The van der Waals surface area contributed by atoms with Crippen LogP contribution in [0, 0.1) is 0 Å². The van der Waals surface area contributed by atoms with Crippen LogP contribution in [-0.2, 0) is 13.1 Å². The molecule has 0 bridgehead atoms. The van der Waals surface area contributed by atoms with E-state index >= 15 is 0 Å². The van der Waals surface area contributed by atoms with Gasteiger partial charge in [0.25, 0.3) is 5.56 Å². The third-order valence-electron chi connectivity index (χ3n) is 5.36. The van der Waals surface area contributed by atoms with Gasteiger partial charge in [0.2, 0.25) is 5.78 Å². The summed E-state index contributed by atoms with van der Waals surface area (Å²) in [6.45, 7) is 4.98. The van der Waals surface area contributed by atoms with Crippen LogP contribution in [0.25, 0.3) is 16.7 Å². The summed E-state index contributed by atoms with van der Waals surface area (Å²) in [5, 5.41) is 12.8. The van der Waals surface area contributed by atoms with E-state index in [2.05, 4.69) is 22.4 Å². The molecule has 0 saturated heterocycles. The van der Waals surface area contributed by atoms with Crippen molar-refractivity contribution in [1.29, 1.82) is 0 Å². The number of rotatable bonds is 7. The molecule has 156 valence electrons. The summed E-state index contributed by atoms with van der Waals surface area (Å²) < 4.78 is 14.5. The lowest BCUT2D eigenvalue weighted by Crippen LogP contribution is -2.24. The maximum atomic E-state index is 12.8. The first-order valence-corrected chi connectivity index (χ1v) is 9.89. The first kappa shape index (κ1) is 19.9. The van der Waals surface area contributed by atoms with Gasteiger partial charge in [0.1, 0.15) is 11.5 Å². The summed E-state index contributed by atoms with van der Waals surface area (Å²) in [7, 11) is 3.30. The molecule has 8 heteroatoms. The topological polar surface area (TPSA) is 82.7 Å². The van der Waals surface area contributed by atoms with E-state index in [1.165, 1.54) is 0 Å². The van der Waals surface area contributed by atoms with Gasteiger partial charge in [-0.25, -0.2) is 0 Å². The van der Waals surface area contributed by atoms with Crippen LogP contribution in [0.1, 0.15) is 31.3 Å². The number of fused-ring (bicyclic) bond motifs is 3. The SMILES string of the molecule is CCn1c(=O)c2ccccc2n2c(CNC(C)c3cc(OC)ccc3OC)nnc12. The van der Waals surface area contributed by atoms with E-state index in [1.807, 2.05) is 53.8 Å². The highest BCUT2D eigenvalue weighted by atomic mass is 16.5. The first-order chi connectivity index (χ1) is 14.6. The summed E-state index contributed by atoms with van der Waals surface area (Å²) in [4.78, 5) is 12.8. The minimum Gasteiger partial charge on any atom is -0.497 e. The highest BCUT2D eigenvalue weighted by Crippen LogP contribution is 2.29. The Morgan fingerprint density at radius 2 is 1.90 bits per heavy atom. The highest BCUT2D eigenvalue weighted by molar-refractivity contribution is 5.80. The molecule has 0 fully saturated rings. The van der Waals surface area contributed by atoms with Crippen LogP contribution in [-0.4, -0.2) is 33.4 Å². The van der Waals surface area contributed by atoms with Gasteiger partial charge in [-0.2, -0.15) is 0 Å². The van der Waals surface area contributed by atoms with Crippen molar-refractivity contribution in [1.82, 2.24) is 24.5 Å². The third-order valence-corrected chi connectivity index (χ3v) is 5.36. The van der Waals surface area contributed by atoms with Crippen LogP contribution in [0.5, 0.6) is 11.5 Å². The van der Waals surface area contributed by atoms with Gasteiger partial charge in [-0.1, -0.05) is 12.1 Å². The molecule has 1 atom stereocenters. The van der Waals surface area contributed by atoms with Crippen molar-refractivity contribution in [2.24, 2.45) is 0 Å². The standard InChI is InChI=1S/C22H25N5O3/c1-5-26-21(28)16-8-6-7-9-18(16)27-20(24-25-22(26)27)13-23-14(2)17-12-15(29-3)10-11-19(17)30-4/h6-12,14,23H,5,13H2,1-4H3. The van der Waals surface area contributed by atoms with Gasteiger partial charge in [0, 0.05) is 18.2 Å². The molecule has 0 radical (unpaired) electrons. The van der Waals surface area contributed by atoms with Crippen molar-refractivity contribution >= 4 is 16.7 Å². The van der Waals surface area contributed by atoms with Crippen LogP contribution >= 0.6 is 0 Å². The zero-order chi connectivity index (χ0) is 21.3. The Morgan fingerprint density at radius 1 is 1.10 bits per heavy atom. The van der Waals surface area contributed by atoms with Crippen LogP contribution < -0.4 is 20.3 Å². The first-order valence-electron chi connectivity index (χ1n) is 9.89. The maximum Gasteiger partial charge on any atom is 0.262 e. The lowest BCUT2D eigenvalue weighted by atomic mass is 10.1. The fraction of sp³-hybridized carbons (Fsp3) is 0.318. The van der Waals surface area contributed by atoms with Crippen LogP contribution in [0.15, 0.2) is 47.3 Å². The number of para-hydroxylation sites is 1. The summed E-state index contributed by atoms with van der Waals surface area (Å²) in [6.07, 6.45) is 0. The van der Waals surface area contributed by atoms with Crippen molar-refractivity contribution in [3.8, 4) is 11.5 Å². The summed E-state index contributed by atoms with van der Waals surface area (Å²) >= 11 is 0. The Hall–Kier alpha value is -3.39. The van der Waals surface area contributed by atoms with Crippen LogP contribution in [0.3, 0.4) is 0 Å². The molecular formula is C22H25N5O3. The number of hydrogen-bond donors (Lipinski definition) is 1. The second kappa shape index (κ2) is 8.16. The number of aromatic nitrogens is 4. The molecule has 2 aromatic heterocycles. The molecule has 4 rings (SSSR count). The van der Waals surface area contributed by atoms with Gasteiger partial charge >= 0.3 is 0 Å². The Balaban J connectivity index is 1.72. The molecule has 30 heavy (non-hydrogen) atoms. The number of methoxy groups -OCH3 is 2. The molecule has 0 aliphatic heterocycles. The Bertz CT molecular complexity index is 1260. The van der Waals surface area contributed by atoms with E-state index in [0.29, 0.717) is 24.3 Å². The molecule has 0 amide bonds. The van der Waals surface area contributed by atoms with E-state index in [1.54, 1.807) is 18.8 Å². The molecule has 8 nitrogen and oxygen atoms in total. The monoisotopic (exact) mass is 407 g/mol. The second-order valence-electron chi connectivity index (χ2n) is 7.03. The summed E-state index contributed by atoms with van der Waals surface area (Å²) in [5.74, 6) is 2.83. The van der Waals surface area contributed by atoms with Gasteiger partial charge in [-0.05, 0) is 44.2 Å². The minimum absolute atomic E-state index is 0.0225. The van der Waals surface area contributed by atoms with E-state index in [-0.39, 0.29) is 11.6 Å². The van der Waals surface area contributed by atoms with Crippen LogP contribution in [0.2, 0.25) is 0 Å². The van der Waals surface area contributed by atoms with Crippen molar-refractivity contribution < 1.29 is 9.47 Å². The normalized spacial score (nSPS) is 12.4.